The van der Waals surface area contributed by atoms with E-state index in [9.17, 15) is 4.79 Å². The predicted octanol–water partition coefficient (Wildman–Crippen LogP) is 2.93. The first-order chi connectivity index (χ1) is 9.10. The van der Waals surface area contributed by atoms with Crippen molar-refractivity contribution in [1.29, 1.82) is 0 Å². The van der Waals surface area contributed by atoms with Crippen molar-refractivity contribution in [3.8, 4) is 0 Å². The molecular weight excluding hydrogens is 248 g/mol. The van der Waals surface area contributed by atoms with Crippen molar-refractivity contribution < 1.29 is 24.5 Å². The summed E-state index contributed by atoms with van der Waals surface area (Å²) in [5, 5.41) is 15.5. The zero-order valence-corrected chi connectivity index (χ0v) is 11.9. The van der Waals surface area contributed by atoms with Gasteiger partial charge in [-0.15, -0.1) is 0 Å². The van der Waals surface area contributed by atoms with Crippen LogP contribution in [0.15, 0.2) is 0 Å². The third-order valence-electron chi connectivity index (χ3n) is 3.31. The van der Waals surface area contributed by atoms with Gasteiger partial charge in [0.1, 0.15) is 0 Å². The number of rotatable bonds is 4. The van der Waals surface area contributed by atoms with Crippen LogP contribution in [0.4, 0.5) is 0 Å². The van der Waals surface area contributed by atoms with Crippen molar-refractivity contribution in [1.82, 2.24) is 0 Å². The van der Waals surface area contributed by atoms with Crippen LogP contribution in [-0.2, 0) is 14.3 Å². The second kappa shape index (κ2) is 10.8. The molecule has 2 rings (SSSR count). The summed E-state index contributed by atoms with van der Waals surface area (Å²) in [6.07, 6.45) is 8.72. The number of fused-ring (bicyclic) bond motifs is 1. The van der Waals surface area contributed by atoms with Crippen LogP contribution in [0.3, 0.4) is 0 Å². The van der Waals surface area contributed by atoms with Gasteiger partial charge in [0, 0.05) is 0 Å². The number of hydrogen-bond acceptors (Lipinski definition) is 3. The molecule has 0 aromatic rings. The minimum atomic E-state index is -0.658. The van der Waals surface area contributed by atoms with Gasteiger partial charge < -0.3 is 14.9 Å². The number of unbranched alkanes of at least 4 members (excludes halogenated alkanes) is 3. The molecule has 0 aromatic carbocycles. The van der Waals surface area contributed by atoms with E-state index in [0.717, 1.165) is 19.3 Å². The van der Waals surface area contributed by atoms with Gasteiger partial charge in [-0.05, 0) is 19.3 Å². The molecule has 0 aromatic heterocycles. The molecule has 5 heteroatoms. The lowest BCUT2D eigenvalue weighted by molar-refractivity contribution is -0.142. The predicted molar refractivity (Wildman–Crippen MR) is 72.1 cm³/mol. The third-order valence-corrected chi connectivity index (χ3v) is 3.31. The summed E-state index contributed by atoms with van der Waals surface area (Å²) in [6.45, 7) is 4.21. The number of carboxylic acids is 1. The molecule has 1 aliphatic heterocycles. The number of epoxide rings is 1. The van der Waals surface area contributed by atoms with Gasteiger partial charge in [0.25, 0.3) is 6.47 Å². The van der Waals surface area contributed by atoms with Crippen molar-refractivity contribution in [2.24, 2.45) is 5.92 Å². The van der Waals surface area contributed by atoms with E-state index < -0.39 is 5.97 Å². The molecule has 2 fully saturated rings. The molecule has 3 atom stereocenters. The van der Waals surface area contributed by atoms with E-state index in [4.69, 9.17) is 19.7 Å². The average Bonchev–Trinajstić information content (AvgIpc) is 3.16. The first kappa shape index (κ1) is 17.9. The molecular formula is C14H26O5. The van der Waals surface area contributed by atoms with Gasteiger partial charge in [0.05, 0.1) is 18.1 Å². The average molecular weight is 274 g/mol. The first-order valence-electron chi connectivity index (χ1n) is 7.06. The van der Waals surface area contributed by atoms with Gasteiger partial charge in [-0.1, -0.05) is 39.5 Å². The standard InChI is InChI=1S/C7H10O3.C6H14.CH2O2/c8-7(9)4-1-2-5-6(3-4)10-5;1-3-5-6-4-2;2-1-3/h4-6H,1-3H2,(H,8,9);3-6H2,1-2H3;1H,(H,2,3). The Hall–Kier alpha value is -1.10. The molecule has 1 heterocycles. The minimum Gasteiger partial charge on any atom is -0.483 e. The minimum absolute atomic E-state index is 0.135. The number of ether oxygens (including phenoxy) is 1. The van der Waals surface area contributed by atoms with Crippen LogP contribution in [0.2, 0.25) is 0 Å². The van der Waals surface area contributed by atoms with E-state index in [0.29, 0.717) is 6.10 Å². The van der Waals surface area contributed by atoms with Crippen LogP contribution in [0.25, 0.3) is 0 Å². The lowest BCUT2D eigenvalue weighted by atomic mass is 9.90. The van der Waals surface area contributed by atoms with E-state index >= 15 is 0 Å². The van der Waals surface area contributed by atoms with Gasteiger partial charge in [-0.3, -0.25) is 9.59 Å². The highest BCUT2D eigenvalue weighted by Gasteiger charge is 2.45. The maximum atomic E-state index is 10.5. The summed E-state index contributed by atoms with van der Waals surface area (Å²) in [5.41, 5.74) is 0. The van der Waals surface area contributed by atoms with E-state index in [1.165, 1.54) is 25.7 Å². The number of carboxylic acid groups (broad SMARTS) is 2. The van der Waals surface area contributed by atoms with Gasteiger partial charge in [-0.2, -0.15) is 0 Å². The maximum Gasteiger partial charge on any atom is 0.306 e. The lowest BCUT2D eigenvalue weighted by Gasteiger charge is -2.12. The smallest absolute Gasteiger partial charge is 0.306 e. The first-order valence-corrected chi connectivity index (χ1v) is 7.06. The summed E-state index contributed by atoms with van der Waals surface area (Å²) in [7, 11) is 0. The molecule has 0 amide bonds. The van der Waals surface area contributed by atoms with Crippen LogP contribution in [0, 0.1) is 5.92 Å². The Balaban J connectivity index is 0.000000312. The molecule has 5 nitrogen and oxygen atoms in total. The van der Waals surface area contributed by atoms with Crippen LogP contribution < -0.4 is 0 Å². The Bertz CT molecular complexity index is 250. The second-order valence-electron chi connectivity index (χ2n) is 4.87. The summed E-state index contributed by atoms with van der Waals surface area (Å²) in [5.74, 6) is -0.794. The van der Waals surface area contributed by atoms with Crippen LogP contribution in [0.1, 0.15) is 58.8 Å². The van der Waals surface area contributed by atoms with Crippen LogP contribution in [0.5, 0.6) is 0 Å². The zero-order valence-electron chi connectivity index (χ0n) is 11.9. The fraction of sp³-hybridized carbons (Fsp3) is 0.857. The van der Waals surface area contributed by atoms with Gasteiger partial charge >= 0.3 is 5.97 Å². The highest BCUT2D eigenvalue weighted by molar-refractivity contribution is 5.70. The Morgan fingerprint density at radius 1 is 1.21 bits per heavy atom. The number of hydrogen-bond donors (Lipinski definition) is 2. The largest absolute Gasteiger partial charge is 0.483 e. The Morgan fingerprint density at radius 2 is 1.74 bits per heavy atom. The highest BCUT2D eigenvalue weighted by atomic mass is 16.6. The molecule has 1 saturated heterocycles. The highest BCUT2D eigenvalue weighted by Crippen LogP contribution is 2.39. The van der Waals surface area contributed by atoms with Gasteiger partial charge in [-0.25, -0.2) is 0 Å². The Kier molecular flexibility index (Phi) is 10.2. The Labute approximate surface area is 115 Å². The van der Waals surface area contributed by atoms with Crippen LogP contribution in [-0.4, -0.2) is 34.9 Å². The molecule has 0 spiro atoms. The van der Waals surface area contributed by atoms with Gasteiger partial charge in [0.15, 0.2) is 0 Å². The topological polar surface area (TPSA) is 87.1 Å². The van der Waals surface area contributed by atoms with Crippen molar-refractivity contribution in [3.63, 3.8) is 0 Å². The molecule has 0 radical (unpaired) electrons. The summed E-state index contributed by atoms with van der Waals surface area (Å²) < 4.78 is 5.19. The molecule has 0 bridgehead atoms. The zero-order chi connectivity index (χ0) is 14.7. The summed E-state index contributed by atoms with van der Waals surface area (Å²) in [4.78, 5) is 18.8. The fourth-order valence-corrected chi connectivity index (χ4v) is 2.13. The van der Waals surface area contributed by atoms with Crippen LogP contribution >= 0.6 is 0 Å². The lowest BCUT2D eigenvalue weighted by Crippen LogP contribution is -2.21. The fourth-order valence-electron chi connectivity index (χ4n) is 2.13. The number of carbonyl (C=O) groups is 2. The Morgan fingerprint density at radius 3 is 2.11 bits per heavy atom. The summed E-state index contributed by atoms with van der Waals surface area (Å²) >= 11 is 0. The van der Waals surface area contributed by atoms with Crippen molar-refractivity contribution in [2.75, 3.05) is 0 Å². The SMILES string of the molecule is CCCCCC.O=C(O)C1CCC2OC2C1.O=CO. The normalized spacial score (nSPS) is 26.7. The van der Waals surface area contributed by atoms with E-state index in [1.54, 1.807) is 0 Å². The second-order valence-corrected chi connectivity index (χ2v) is 4.87. The molecule has 1 aliphatic carbocycles. The third kappa shape index (κ3) is 8.59. The molecule has 3 unspecified atom stereocenters. The van der Waals surface area contributed by atoms with E-state index in [-0.39, 0.29) is 18.5 Å². The van der Waals surface area contributed by atoms with Crippen molar-refractivity contribution >= 4 is 12.4 Å². The van der Waals surface area contributed by atoms with Crippen molar-refractivity contribution in [3.05, 3.63) is 0 Å². The monoisotopic (exact) mass is 274 g/mol. The maximum absolute atomic E-state index is 10.5. The molecule has 19 heavy (non-hydrogen) atoms. The van der Waals surface area contributed by atoms with E-state index in [2.05, 4.69) is 13.8 Å². The summed E-state index contributed by atoms with van der Waals surface area (Å²) in [6, 6.07) is 0. The molecule has 1 saturated carbocycles. The number of aliphatic carboxylic acids is 1. The van der Waals surface area contributed by atoms with E-state index in [1.807, 2.05) is 0 Å². The van der Waals surface area contributed by atoms with Gasteiger partial charge in [0.2, 0.25) is 0 Å². The van der Waals surface area contributed by atoms with Crippen molar-refractivity contribution in [2.45, 2.75) is 71.0 Å². The molecule has 2 aliphatic rings. The quantitative estimate of drug-likeness (QED) is 0.467. The molecule has 112 valence electrons. The molecule has 2 N–H and O–H groups in total.